The van der Waals surface area contributed by atoms with E-state index < -0.39 is 0 Å². The predicted octanol–water partition coefficient (Wildman–Crippen LogP) is 2.40. The van der Waals surface area contributed by atoms with Gasteiger partial charge in [0.1, 0.15) is 5.82 Å². The van der Waals surface area contributed by atoms with Gasteiger partial charge in [0.05, 0.1) is 5.69 Å². The number of nitrogens with zero attached hydrogens (tertiary/aromatic N) is 1. The van der Waals surface area contributed by atoms with Gasteiger partial charge in [-0.25, -0.2) is 4.39 Å². The van der Waals surface area contributed by atoms with Gasteiger partial charge in [-0.1, -0.05) is 0 Å². The second-order valence-electron chi connectivity index (χ2n) is 3.75. The van der Waals surface area contributed by atoms with Gasteiger partial charge in [0.2, 0.25) is 0 Å². The van der Waals surface area contributed by atoms with E-state index in [0.717, 1.165) is 18.8 Å². The molecular weight excluding hydrogens is 179 g/mol. The molecule has 1 aromatic carbocycles. The lowest BCUT2D eigenvalue weighted by molar-refractivity contribution is 0.577. The average molecular weight is 194 g/mol. The molecule has 0 radical (unpaired) electrons. The highest BCUT2D eigenvalue weighted by Crippen LogP contribution is 2.23. The summed E-state index contributed by atoms with van der Waals surface area (Å²) in [5.41, 5.74) is 6.81. The fraction of sp³-hybridized carbons (Fsp3) is 0.455. The van der Waals surface area contributed by atoms with Crippen molar-refractivity contribution in [3.63, 3.8) is 0 Å². The van der Waals surface area contributed by atoms with E-state index in [1.165, 1.54) is 25.3 Å². The van der Waals surface area contributed by atoms with Gasteiger partial charge < -0.3 is 10.6 Å². The molecule has 3 heteroatoms. The van der Waals surface area contributed by atoms with E-state index in [1.54, 1.807) is 12.1 Å². The lowest BCUT2D eigenvalue weighted by Crippen LogP contribution is -2.29. The van der Waals surface area contributed by atoms with Crippen LogP contribution < -0.4 is 10.6 Å². The molecule has 0 saturated carbocycles. The zero-order valence-electron chi connectivity index (χ0n) is 8.17. The topological polar surface area (TPSA) is 29.3 Å². The van der Waals surface area contributed by atoms with E-state index >= 15 is 0 Å². The van der Waals surface area contributed by atoms with Gasteiger partial charge in [0.25, 0.3) is 0 Å². The van der Waals surface area contributed by atoms with Crippen molar-refractivity contribution in [1.82, 2.24) is 0 Å². The van der Waals surface area contributed by atoms with Gasteiger partial charge in [0.15, 0.2) is 0 Å². The molecule has 76 valence electrons. The van der Waals surface area contributed by atoms with Crippen molar-refractivity contribution < 1.29 is 4.39 Å². The quantitative estimate of drug-likeness (QED) is 0.695. The average Bonchev–Trinajstić information content (AvgIpc) is 2.23. The van der Waals surface area contributed by atoms with E-state index in [1.807, 2.05) is 0 Å². The minimum Gasteiger partial charge on any atom is -0.396 e. The number of anilines is 2. The zero-order chi connectivity index (χ0) is 9.97. The van der Waals surface area contributed by atoms with Crippen LogP contribution in [-0.2, 0) is 0 Å². The van der Waals surface area contributed by atoms with Crippen LogP contribution >= 0.6 is 0 Å². The third-order valence-electron chi connectivity index (χ3n) is 2.70. The highest BCUT2D eigenvalue weighted by molar-refractivity contribution is 5.56. The van der Waals surface area contributed by atoms with Crippen molar-refractivity contribution in [1.29, 1.82) is 0 Å². The molecule has 0 aromatic heterocycles. The molecular formula is C11H15FN2. The minimum atomic E-state index is -0.328. The second-order valence-corrected chi connectivity index (χ2v) is 3.75. The first-order valence-electron chi connectivity index (χ1n) is 5.07. The Bertz CT molecular complexity index is 319. The molecule has 0 aliphatic carbocycles. The van der Waals surface area contributed by atoms with Crippen molar-refractivity contribution in [3.05, 3.63) is 24.0 Å². The molecule has 0 amide bonds. The third kappa shape index (κ3) is 1.81. The highest BCUT2D eigenvalue weighted by atomic mass is 19.1. The minimum absolute atomic E-state index is 0.244. The molecule has 1 fully saturated rings. The number of rotatable bonds is 1. The van der Waals surface area contributed by atoms with Crippen LogP contribution in [0.2, 0.25) is 0 Å². The summed E-state index contributed by atoms with van der Waals surface area (Å²) in [6, 6.07) is 4.97. The monoisotopic (exact) mass is 194 g/mol. The summed E-state index contributed by atoms with van der Waals surface area (Å²) >= 11 is 0. The molecule has 1 aromatic rings. The Labute approximate surface area is 83.5 Å². The summed E-state index contributed by atoms with van der Waals surface area (Å²) in [5, 5.41) is 0. The van der Waals surface area contributed by atoms with Crippen molar-refractivity contribution >= 4 is 11.4 Å². The molecule has 1 saturated heterocycles. The Kier molecular flexibility index (Phi) is 2.57. The van der Waals surface area contributed by atoms with Crippen LogP contribution in [0.5, 0.6) is 0 Å². The normalized spacial score (nSPS) is 17.1. The van der Waals surface area contributed by atoms with Crippen LogP contribution in [0.3, 0.4) is 0 Å². The van der Waals surface area contributed by atoms with Crippen molar-refractivity contribution in [2.24, 2.45) is 0 Å². The number of nitrogens with two attached hydrogens (primary N) is 1. The van der Waals surface area contributed by atoms with E-state index in [2.05, 4.69) is 4.90 Å². The molecule has 0 unspecified atom stereocenters. The summed E-state index contributed by atoms with van der Waals surface area (Å²) in [6.07, 6.45) is 3.74. The maximum absolute atomic E-state index is 12.9. The Morgan fingerprint density at radius 1 is 1.14 bits per heavy atom. The van der Waals surface area contributed by atoms with Crippen molar-refractivity contribution in [3.8, 4) is 0 Å². The van der Waals surface area contributed by atoms with Gasteiger partial charge in [-0.05, 0) is 37.5 Å². The van der Waals surface area contributed by atoms with Gasteiger partial charge >= 0.3 is 0 Å². The zero-order valence-corrected chi connectivity index (χ0v) is 8.17. The van der Waals surface area contributed by atoms with Crippen LogP contribution in [0.25, 0.3) is 0 Å². The molecule has 1 aliphatic heterocycles. The number of hydrogen-bond donors (Lipinski definition) is 1. The number of benzene rings is 1. The first-order chi connectivity index (χ1) is 6.77. The number of halogens is 1. The smallest absolute Gasteiger partial charge is 0.146 e. The lowest BCUT2D eigenvalue weighted by Gasteiger charge is -2.28. The van der Waals surface area contributed by atoms with E-state index in [-0.39, 0.29) is 11.5 Å². The number of hydrogen-bond acceptors (Lipinski definition) is 2. The first kappa shape index (κ1) is 9.31. The highest BCUT2D eigenvalue weighted by Gasteiger charge is 2.11. The summed E-state index contributed by atoms with van der Waals surface area (Å²) in [7, 11) is 0. The van der Waals surface area contributed by atoms with Crippen LogP contribution in [0, 0.1) is 5.82 Å². The number of piperidine rings is 1. The summed E-state index contributed by atoms with van der Waals surface area (Å²) < 4.78 is 12.9. The van der Waals surface area contributed by atoms with Crippen LogP contribution in [0.15, 0.2) is 18.2 Å². The SMILES string of the molecule is Nc1cc(N2CCCCC2)ccc1F. The molecule has 1 heterocycles. The summed E-state index contributed by atoms with van der Waals surface area (Å²) in [5.74, 6) is -0.328. The van der Waals surface area contributed by atoms with Crippen LogP contribution in [0.4, 0.5) is 15.8 Å². The largest absolute Gasteiger partial charge is 0.396 e. The molecule has 0 spiro atoms. The Morgan fingerprint density at radius 2 is 1.86 bits per heavy atom. The van der Waals surface area contributed by atoms with Gasteiger partial charge in [-0.2, -0.15) is 0 Å². The Hall–Kier alpha value is -1.25. The maximum Gasteiger partial charge on any atom is 0.146 e. The number of nitrogen functional groups attached to an aromatic ring is 1. The third-order valence-corrected chi connectivity index (χ3v) is 2.70. The maximum atomic E-state index is 12.9. The van der Waals surface area contributed by atoms with Crippen molar-refractivity contribution in [2.75, 3.05) is 23.7 Å². The second kappa shape index (κ2) is 3.86. The molecule has 1 aliphatic rings. The van der Waals surface area contributed by atoms with Crippen molar-refractivity contribution in [2.45, 2.75) is 19.3 Å². The summed E-state index contributed by atoms with van der Waals surface area (Å²) in [4.78, 5) is 2.26. The molecule has 0 bridgehead atoms. The van der Waals surface area contributed by atoms with Gasteiger partial charge in [-0.15, -0.1) is 0 Å². The molecule has 14 heavy (non-hydrogen) atoms. The van der Waals surface area contributed by atoms with Crippen LogP contribution in [-0.4, -0.2) is 13.1 Å². The van der Waals surface area contributed by atoms with Gasteiger partial charge in [0, 0.05) is 18.8 Å². The fourth-order valence-electron chi connectivity index (χ4n) is 1.88. The van der Waals surface area contributed by atoms with E-state index in [0.29, 0.717) is 0 Å². The van der Waals surface area contributed by atoms with Crippen LogP contribution in [0.1, 0.15) is 19.3 Å². The Morgan fingerprint density at radius 3 is 2.50 bits per heavy atom. The summed E-state index contributed by atoms with van der Waals surface area (Å²) in [6.45, 7) is 2.12. The van der Waals surface area contributed by atoms with Gasteiger partial charge in [-0.3, -0.25) is 0 Å². The van der Waals surface area contributed by atoms with E-state index in [4.69, 9.17) is 5.73 Å². The first-order valence-corrected chi connectivity index (χ1v) is 5.07. The molecule has 2 rings (SSSR count). The molecule has 0 atom stereocenters. The lowest BCUT2D eigenvalue weighted by atomic mass is 10.1. The Balaban J connectivity index is 2.18. The molecule has 2 N–H and O–H groups in total. The predicted molar refractivity (Wildman–Crippen MR) is 56.9 cm³/mol. The van der Waals surface area contributed by atoms with E-state index in [9.17, 15) is 4.39 Å². The molecule has 2 nitrogen and oxygen atoms in total. The standard InChI is InChI=1S/C11H15FN2/c12-10-5-4-9(8-11(10)13)14-6-2-1-3-7-14/h4-5,8H,1-3,6-7,13H2. The fourth-order valence-corrected chi connectivity index (χ4v) is 1.88.